The molecule has 0 unspecified atom stereocenters. The van der Waals surface area contributed by atoms with Gasteiger partial charge in [-0.2, -0.15) is 0 Å². The van der Waals surface area contributed by atoms with Crippen molar-refractivity contribution in [2.24, 2.45) is 5.92 Å². The molecule has 1 saturated heterocycles. The second-order valence-corrected chi connectivity index (χ2v) is 5.96. The topological polar surface area (TPSA) is 35.5 Å². The molecule has 24 heavy (non-hydrogen) atoms. The fourth-order valence-corrected chi connectivity index (χ4v) is 3.00. The molecule has 0 saturated carbocycles. The number of alkyl halides is 3. The zero-order valence-corrected chi connectivity index (χ0v) is 13.3. The third-order valence-corrected chi connectivity index (χ3v) is 4.06. The summed E-state index contributed by atoms with van der Waals surface area (Å²) in [6.45, 7) is 3.63. The van der Waals surface area contributed by atoms with Gasteiger partial charge >= 0.3 is 12.3 Å². The molecule has 132 valence electrons. The van der Waals surface area contributed by atoms with Crippen LogP contribution in [0.3, 0.4) is 0 Å². The maximum Gasteiger partial charge on any atom is 0.575 e. The lowest BCUT2D eigenvalue weighted by Crippen LogP contribution is -2.38. The number of carbonyl (C=O) groups excluding carboxylic acids is 1. The summed E-state index contributed by atoms with van der Waals surface area (Å²) >= 11 is 0. The largest absolute Gasteiger partial charge is 0.575 e. The number of rotatable bonds is 6. The number of hydrogen-bond acceptors (Lipinski definition) is 3. The lowest BCUT2D eigenvalue weighted by atomic mass is 9.88. The molecule has 3 nitrogen and oxygen atoms in total. The summed E-state index contributed by atoms with van der Waals surface area (Å²) in [6.07, 6.45) is -1.51. The summed E-state index contributed by atoms with van der Waals surface area (Å²) in [5.74, 6) is -2.02. The molecule has 3 atom stereocenters. The van der Waals surface area contributed by atoms with Crippen LogP contribution in [0.25, 0.3) is 0 Å². The number of aryl methyl sites for hydroxylation is 1. The number of ether oxygens (including phenoxy) is 2. The van der Waals surface area contributed by atoms with Gasteiger partial charge in [-0.05, 0) is 37.7 Å². The van der Waals surface area contributed by atoms with Crippen LogP contribution >= 0.6 is 0 Å². The zero-order valence-electron chi connectivity index (χ0n) is 13.3. The molecule has 6 heteroatoms. The maximum absolute atomic E-state index is 12.3. The summed E-state index contributed by atoms with van der Waals surface area (Å²) in [5.41, 5.74) is 1.13. The Morgan fingerprint density at radius 1 is 1.25 bits per heavy atom. The van der Waals surface area contributed by atoms with Gasteiger partial charge in [-0.25, -0.2) is 0 Å². The van der Waals surface area contributed by atoms with Crippen molar-refractivity contribution in [1.29, 1.82) is 0 Å². The summed E-state index contributed by atoms with van der Waals surface area (Å²) in [4.78, 5) is 11.8. The Morgan fingerprint density at radius 3 is 2.54 bits per heavy atom. The fraction of sp³-hybridized carbons (Fsp3) is 0.500. The Kier molecular flexibility index (Phi) is 6.43. The van der Waals surface area contributed by atoms with Gasteiger partial charge in [0.15, 0.2) is 0 Å². The van der Waals surface area contributed by atoms with E-state index in [0.29, 0.717) is 12.8 Å². The Labute approximate surface area is 139 Å². The summed E-state index contributed by atoms with van der Waals surface area (Å²) in [7, 11) is 0. The molecule has 0 bridgehead atoms. The van der Waals surface area contributed by atoms with E-state index in [9.17, 15) is 18.0 Å². The van der Waals surface area contributed by atoms with Gasteiger partial charge < -0.3 is 9.47 Å². The average Bonchev–Trinajstić information content (AvgIpc) is 2.52. The van der Waals surface area contributed by atoms with Gasteiger partial charge in [0.05, 0.1) is 18.1 Å². The highest BCUT2D eigenvalue weighted by molar-refractivity contribution is 5.72. The Bertz CT molecular complexity index is 542. The smallest absolute Gasteiger partial charge is 0.375 e. The molecular formula is C18H21F3O3. The van der Waals surface area contributed by atoms with Crippen molar-refractivity contribution >= 4 is 5.97 Å². The lowest BCUT2D eigenvalue weighted by molar-refractivity contribution is -0.309. The molecule has 0 aliphatic carbocycles. The Hall–Kier alpha value is -1.82. The predicted molar refractivity (Wildman–Crippen MR) is 83.1 cm³/mol. The first kappa shape index (κ1) is 18.5. The van der Waals surface area contributed by atoms with Crippen LogP contribution in [0.2, 0.25) is 0 Å². The average molecular weight is 342 g/mol. The molecule has 1 aromatic rings. The van der Waals surface area contributed by atoms with Crippen molar-refractivity contribution in [2.45, 2.75) is 50.7 Å². The first-order chi connectivity index (χ1) is 11.4. The zero-order chi connectivity index (χ0) is 17.6. The number of hydrogen-bond donors (Lipinski definition) is 0. The van der Waals surface area contributed by atoms with E-state index in [-0.39, 0.29) is 25.0 Å². The minimum atomic E-state index is -4.94. The second-order valence-electron chi connectivity index (χ2n) is 5.96. The molecule has 0 spiro atoms. The van der Waals surface area contributed by atoms with Gasteiger partial charge in [-0.15, -0.1) is 19.8 Å². The first-order valence-corrected chi connectivity index (χ1v) is 7.97. The van der Waals surface area contributed by atoms with Crippen LogP contribution in [0.1, 0.15) is 31.2 Å². The van der Waals surface area contributed by atoms with Crippen LogP contribution in [0.4, 0.5) is 13.2 Å². The standard InChI is InChI=1S/C18H21F3O3/c1-2-6-15-11-14(17(22)24-18(19,20)21)12-16(23-15)10-9-13-7-4-3-5-8-13/h2-5,7-8,14-16H,1,6,9-12H2/t14-,15+,16-/m0/s1. The molecular weight excluding hydrogens is 321 g/mol. The van der Waals surface area contributed by atoms with Crippen LogP contribution < -0.4 is 0 Å². The van der Waals surface area contributed by atoms with E-state index in [1.165, 1.54) is 0 Å². The van der Waals surface area contributed by atoms with Gasteiger partial charge in [0.1, 0.15) is 0 Å². The van der Waals surface area contributed by atoms with Crippen molar-refractivity contribution in [3.05, 3.63) is 48.6 Å². The van der Waals surface area contributed by atoms with E-state index in [0.717, 1.165) is 12.0 Å². The van der Waals surface area contributed by atoms with Gasteiger partial charge in [0.2, 0.25) is 0 Å². The molecule has 2 rings (SSSR count). The van der Waals surface area contributed by atoms with E-state index < -0.39 is 18.2 Å². The number of carbonyl (C=O) groups is 1. The molecule has 0 N–H and O–H groups in total. The van der Waals surface area contributed by atoms with Crippen LogP contribution in [-0.2, 0) is 20.7 Å². The highest BCUT2D eigenvalue weighted by atomic mass is 19.4. The minimum absolute atomic E-state index is 0.225. The van der Waals surface area contributed by atoms with Crippen LogP contribution in [-0.4, -0.2) is 24.5 Å². The molecule has 0 amide bonds. The SMILES string of the molecule is C=CC[C@@H]1C[C@H](C(=O)OC(F)(F)F)C[C@H](CCc2ccccc2)O1. The highest BCUT2D eigenvalue weighted by Crippen LogP contribution is 2.32. The molecule has 1 aliphatic rings. The van der Waals surface area contributed by atoms with Gasteiger partial charge in [-0.1, -0.05) is 36.4 Å². The molecule has 1 heterocycles. The van der Waals surface area contributed by atoms with Crippen LogP contribution in [0.15, 0.2) is 43.0 Å². The van der Waals surface area contributed by atoms with Crippen molar-refractivity contribution in [2.75, 3.05) is 0 Å². The summed E-state index contributed by atoms with van der Waals surface area (Å²) in [6, 6.07) is 9.75. The third-order valence-electron chi connectivity index (χ3n) is 4.06. The number of esters is 1. The van der Waals surface area contributed by atoms with Crippen molar-refractivity contribution in [1.82, 2.24) is 0 Å². The van der Waals surface area contributed by atoms with E-state index in [2.05, 4.69) is 11.3 Å². The van der Waals surface area contributed by atoms with Crippen molar-refractivity contribution in [3.8, 4) is 0 Å². The lowest BCUT2D eigenvalue weighted by Gasteiger charge is -2.34. The Balaban J connectivity index is 1.97. The molecule has 0 aromatic heterocycles. The normalized spacial score (nSPS) is 24.4. The molecule has 1 fully saturated rings. The summed E-state index contributed by atoms with van der Waals surface area (Å²) in [5, 5.41) is 0. The fourth-order valence-electron chi connectivity index (χ4n) is 3.00. The van der Waals surface area contributed by atoms with E-state index in [1.54, 1.807) is 6.08 Å². The van der Waals surface area contributed by atoms with Gasteiger partial charge in [0, 0.05) is 0 Å². The highest BCUT2D eigenvalue weighted by Gasteiger charge is 2.40. The van der Waals surface area contributed by atoms with Crippen molar-refractivity contribution < 1.29 is 27.4 Å². The first-order valence-electron chi connectivity index (χ1n) is 7.97. The molecule has 0 radical (unpaired) electrons. The van der Waals surface area contributed by atoms with Gasteiger partial charge in [-0.3, -0.25) is 4.79 Å². The maximum atomic E-state index is 12.3. The van der Waals surface area contributed by atoms with E-state index in [1.807, 2.05) is 30.3 Å². The Morgan fingerprint density at radius 2 is 1.92 bits per heavy atom. The van der Waals surface area contributed by atoms with Crippen molar-refractivity contribution in [3.63, 3.8) is 0 Å². The van der Waals surface area contributed by atoms with Crippen LogP contribution in [0.5, 0.6) is 0 Å². The quantitative estimate of drug-likeness (QED) is 0.567. The third kappa shape index (κ3) is 6.00. The minimum Gasteiger partial charge on any atom is -0.375 e. The molecule has 1 aromatic carbocycles. The monoisotopic (exact) mass is 342 g/mol. The molecule has 1 aliphatic heterocycles. The summed E-state index contributed by atoms with van der Waals surface area (Å²) < 4.78 is 46.3. The van der Waals surface area contributed by atoms with Gasteiger partial charge in [0.25, 0.3) is 0 Å². The van der Waals surface area contributed by atoms with E-state index >= 15 is 0 Å². The predicted octanol–water partition coefficient (Wildman–Crippen LogP) is 4.42. The second kappa shape index (κ2) is 8.33. The number of halogens is 3. The van der Waals surface area contributed by atoms with E-state index in [4.69, 9.17) is 4.74 Å². The van der Waals surface area contributed by atoms with Crippen LogP contribution in [0, 0.1) is 5.92 Å². The number of benzene rings is 1.